The van der Waals surface area contributed by atoms with Gasteiger partial charge in [0.2, 0.25) is 0 Å². The van der Waals surface area contributed by atoms with Crippen LogP contribution in [-0.4, -0.2) is 27.6 Å². The second-order valence-corrected chi connectivity index (χ2v) is 13.0. The van der Waals surface area contributed by atoms with E-state index in [4.69, 9.17) is 4.98 Å². The molecule has 1 N–H and O–H groups in total. The molecule has 1 unspecified atom stereocenters. The van der Waals surface area contributed by atoms with Crippen molar-refractivity contribution < 1.29 is 4.39 Å². The van der Waals surface area contributed by atoms with Gasteiger partial charge in [-0.15, -0.1) is 0 Å². The molecule has 1 saturated carbocycles. The maximum absolute atomic E-state index is 14.3. The summed E-state index contributed by atoms with van der Waals surface area (Å²) < 4.78 is 16.4. The zero-order valence-corrected chi connectivity index (χ0v) is 25.9. The average molecular weight is 592 g/mol. The van der Waals surface area contributed by atoms with Gasteiger partial charge < -0.3 is 14.8 Å². The van der Waals surface area contributed by atoms with E-state index in [0.717, 1.165) is 68.5 Å². The van der Waals surface area contributed by atoms with Crippen molar-refractivity contribution in [2.75, 3.05) is 18.0 Å². The fourth-order valence-corrected chi connectivity index (χ4v) is 7.32. The fourth-order valence-electron chi connectivity index (χ4n) is 7.32. The first-order chi connectivity index (χ1) is 21.4. The van der Waals surface area contributed by atoms with Gasteiger partial charge in [0.25, 0.3) is 0 Å². The molecule has 3 aromatic heterocycles. The molecule has 1 aromatic carbocycles. The Labute approximate surface area is 259 Å². The van der Waals surface area contributed by atoms with Crippen LogP contribution < -0.4 is 15.6 Å². The van der Waals surface area contributed by atoms with Crippen LogP contribution in [0.4, 0.5) is 10.1 Å². The van der Waals surface area contributed by atoms with E-state index in [0.29, 0.717) is 29.5 Å². The second-order valence-electron chi connectivity index (χ2n) is 13.0. The normalized spacial score (nSPS) is 19.7. The van der Waals surface area contributed by atoms with Crippen molar-refractivity contribution in [3.05, 3.63) is 105 Å². The molecule has 44 heavy (non-hydrogen) atoms. The average Bonchev–Trinajstić information content (AvgIpc) is 3.89. The highest BCUT2D eigenvalue weighted by Crippen LogP contribution is 2.38. The summed E-state index contributed by atoms with van der Waals surface area (Å²) in [4.78, 5) is 25.4. The van der Waals surface area contributed by atoms with Crippen LogP contribution in [0.25, 0.3) is 16.5 Å². The molecule has 2 aliphatic carbocycles. The number of nitrogens with one attached hydrogen (secondary N) is 1. The molecule has 0 radical (unpaired) electrons. The van der Waals surface area contributed by atoms with E-state index in [9.17, 15) is 9.18 Å². The predicted octanol–water partition coefficient (Wildman–Crippen LogP) is 7.59. The largest absolute Gasteiger partial charge is 0.370 e. The summed E-state index contributed by atoms with van der Waals surface area (Å²) in [6.45, 7) is 6.48. The van der Waals surface area contributed by atoms with Crippen molar-refractivity contribution in [1.82, 2.24) is 19.9 Å². The molecule has 6 nitrogen and oxygen atoms in total. The van der Waals surface area contributed by atoms with E-state index in [1.54, 1.807) is 6.07 Å². The summed E-state index contributed by atoms with van der Waals surface area (Å²) in [5, 5.41) is 4.28. The van der Waals surface area contributed by atoms with Gasteiger partial charge in [0.1, 0.15) is 5.82 Å². The van der Waals surface area contributed by atoms with Crippen molar-refractivity contribution in [2.24, 2.45) is 5.92 Å². The standard InChI is InChI=1S/C37H42FN5O/c1-24-17-27(14-15-39-24)36(41-20-29-23-43(31-11-12-31)35-13-10-30(38)18-34(35)37(29)44)28-9-6-16-42(22-28)32-19-33(25(2)40-21-32)26-7-4-3-5-8-26/h7,10,13-15,17-19,21,23,28,31,36,41H,3-6,8-9,11-12,16,20,22H2,1-2H3/t28-,36?/m0/s1. The van der Waals surface area contributed by atoms with Gasteiger partial charge in [-0.2, -0.15) is 0 Å². The molecule has 0 bridgehead atoms. The molecule has 228 valence electrons. The van der Waals surface area contributed by atoms with Gasteiger partial charge in [0.15, 0.2) is 5.43 Å². The Bertz CT molecular complexity index is 1770. The van der Waals surface area contributed by atoms with E-state index >= 15 is 0 Å². The minimum Gasteiger partial charge on any atom is -0.370 e. The Morgan fingerprint density at radius 1 is 1.05 bits per heavy atom. The number of halogens is 1. The van der Waals surface area contributed by atoms with Gasteiger partial charge in [-0.25, -0.2) is 4.39 Å². The Balaban J connectivity index is 1.18. The van der Waals surface area contributed by atoms with Crippen LogP contribution in [0.15, 0.2) is 65.9 Å². The molecule has 4 heterocycles. The van der Waals surface area contributed by atoms with E-state index in [2.05, 4.69) is 51.0 Å². The number of allylic oxidation sites excluding steroid dienone is 2. The molecule has 0 spiro atoms. The zero-order chi connectivity index (χ0) is 30.2. The molecule has 7 rings (SSSR count). The molecule has 0 amide bonds. The first kappa shape index (κ1) is 28.9. The topological polar surface area (TPSA) is 63.1 Å². The lowest BCUT2D eigenvalue weighted by molar-refractivity contribution is 0.307. The van der Waals surface area contributed by atoms with Crippen LogP contribution in [0.1, 0.15) is 91.5 Å². The van der Waals surface area contributed by atoms with Crippen molar-refractivity contribution in [1.29, 1.82) is 0 Å². The molecule has 7 heteroatoms. The number of rotatable bonds is 8. The van der Waals surface area contributed by atoms with Crippen LogP contribution in [0.3, 0.4) is 0 Å². The molecule has 2 fully saturated rings. The number of aryl methyl sites for hydroxylation is 2. The SMILES string of the molecule is Cc1cc(C(NCc2cn(C3CC3)c3ccc(F)cc3c2=O)[C@H]2CCCN(c3cnc(C)c(C4=CCCCC4)c3)C2)ccn1. The maximum atomic E-state index is 14.3. The Kier molecular flexibility index (Phi) is 8.06. The minimum absolute atomic E-state index is 0.0374. The van der Waals surface area contributed by atoms with Crippen LogP contribution in [0, 0.1) is 25.6 Å². The van der Waals surface area contributed by atoms with Gasteiger partial charge in [-0.1, -0.05) is 6.08 Å². The van der Waals surface area contributed by atoms with Crippen LogP contribution in [-0.2, 0) is 6.54 Å². The summed E-state index contributed by atoms with van der Waals surface area (Å²) in [6, 6.07) is 11.6. The molecule has 3 aliphatic rings. The summed E-state index contributed by atoms with van der Waals surface area (Å²) in [5.41, 5.74) is 8.62. The molecule has 4 aromatic rings. The lowest BCUT2D eigenvalue weighted by Crippen LogP contribution is -2.42. The maximum Gasteiger partial charge on any atom is 0.193 e. The molecule has 2 atom stereocenters. The van der Waals surface area contributed by atoms with Crippen molar-refractivity contribution in [3.63, 3.8) is 0 Å². The number of aromatic nitrogens is 3. The van der Waals surface area contributed by atoms with Crippen LogP contribution in [0.5, 0.6) is 0 Å². The number of pyridine rings is 3. The highest BCUT2D eigenvalue weighted by Gasteiger charge is 2.30. The number of fused-ring (bicyclic) bond motifs is 1. The third-order valence-corrected chi connectivity index (χ3v) is 9.80. The van der Waals surface area contributed by atoms with E-state index < -0.39 is 0 Å². The lowest BCUT2D eigenvalue weighted by Gasteiger charge is -2.39. The lowest BCUT2D eigenvalue weighted by atomic mass is 9.86. The Hall–Kier alpha value is -3.84. The van der Waals surface area contributed by atoms with Gasteiger partial charge in [0, 0.05) is 72.0 Å². The van der Waals surface area contributed by atoms with Gasteiger partial charge in [-0.05, 0) is 119 Å². The van der Waals surface area contributed by atoms with Crippen molar-refractivity contribution >= 4 is 22.2 Å². The fraction of sp³-hybridized carbons (Fsp3) is 0.432. The van der Waals surface area contributed by atoms with E-state index in [1.807, 2.05) is 25.5 Å². The third kappa shape index (κ3) is 5.94. The Morgan fingerprint density at radius 2 is 1.93 bits per heavy atom. The number of benzene rings is 1. The highest BCUT2D eigenvalue weighted by molar-refractivity contribution is 5.80. The predicted molar refractivity (Wildman–Crippen MR) is 175 cm³/mol. The zero-order valence-electron chi connectivity index (χ0n) is 25.9. The third-order valence-electron chi connectivity index (χ3n) is 9.80. The number of anilines is 1. The van der Waals surface area contributed by atoms with Gasteiger partial charge in [-0.3, -0.25) is 14.8 Å². The highest BCUT2D eigenvalue weighted by atomic mass is 19.1. The molecular formula is C37H42FN5O. The molecule has 1 aliphatic heterocycles. The van der Waals surface area contributed by atoms with Gasteiger partial charge >= 0.3 is 0 Å². The van der Waals surface area contributed by atoms with E-state index in [-0.39, 0.29) is 17.3 Å². The minimum atomic E-state index is -0.372. The summed E-state index contributed by atoms with van der Waals surface area (Å²) >= 11 is 0. The summed E-state index contributed by atoms with van der Waals surface area (Å²) in [5.74, 6) is -0.0456. The monoisotopic (exact) mass is 591 g/mol. The number of hydrogen-bond acceptors (Lipinski definition) is 5. The van der Waals surface area contributed by atoms with Gasteiger partial charge in [0.05, 0.1) is 17.4 Å². The van der Waals surface area contributed by atoms with E-state index in [1.165, 1.54) is 47.4 Å². The first-order valence-corrected chi connectivity index (χ1v) is 16.3. The summed E-state index contributed by atoms with van der Waals surface area (Å²) in [6.07, 6.45) is 17.5. The van der Waals surface area contributed by atoms with Crippen LogP contribution >= 0.6 is 0 Å². The number of piperidine rings is 1. The second kappa shape index (κ2) is 12.3. The smallest absolute Gasteiger partial charge is 0.193 e. The van der Waals surface area contributed by atoms with Crippen molar-refractivity contribution in [2.45, 2.75) is 83.8 Å². The first-order valence-electron chi connectivity index (χ1n) is 16.3. The number of hydrogen-bond donors (Lipinski definition) is 1. The summed E-state index contributed by atoms with van der Waals surface area (Å²) in [7, 11) is 0. The number of nitrogens with zero attached hydrogens (tertiary/aromatic N) is 4. The Morgan fingerprint density at radius 3 is 2.73 bits per heavy atom. The van der Waals surface area contributed by atoms with Crippen molar-refractivity contribution in [3.8, 4) is 0 Å². The molecular weight excluding hydrogens is 549 g/mol. The van der Waals surface area contributed by atoms with Crippen LogP contribution in [0.2, 0.25) is 0 Å². The quantitative estimate of drug-likeness (QED) is 0.229. The molecule has 1 saturated heterocycles.